The molecule has 1 aliphatic heterocycles. The van der Waals surface area contributed by atoms with Crippen molar-refractivity contribution >= 4 is 40.3 Å². The van der Waals surface area contributed by atoms with Crippen LogP contribution in [0.4, 0.5) is 0 Å². The second kappa shape index (κ2) is 20.9. The molecular formula is C42H68N6O7. The van der Waals surface area contributed by atoms with Gasteiger partial charge in [-0.3, -0.25) is 24.0 Å². The molecule has 4 N–H and O–H groups in total. The van der Waals surface area contributed by atoms with E-state index in [1.807, 2.05) is 72.0 Å². The SMILES string of the molecule is CC[C@H](C)[C@@H]([C@@H](CC(=O)N1CCC[C@H]1[C@H](OC)[C@@H](C)C(=O)N[C@@H](Cc1c[nH]c2ccccc12)C(C)=O)OC)N(C)C(=O)[C@@H](NC(=O)[C@@H](NC)C(C)C)C(C)C. The minimum Gasteiger partial charge on any atom is -0.379 e. The second-order valence-corrected chi connectivity index (χ2v) is 16.1. The van der Waals surface area contributed by atoms with Crippen molar-refractivity contribution in [3.63, 3.8) is 0 Å². The van der Waals surface area contributed by atoms with Crippen molar-refractivity contribution in [2.45, 2.75) is 130 Å². The summed E-state index contributed by atoms with van der Waals surface area (Å²) in [6, 6.07) is 5.06. The van der Waals surface area contributed by atoms with Gasteiger partial charge < -0.3 is 40.2 Å². The quantitative estimate of drug-likeness (QED) is 0.148. The molecule has 2 aromatic rings. The minimum atomic E-state index is -0.769. The Morgan fingerprint density at radius 1 is 0.945 bits per heavy atom. The van der Waals surface area contributed by atoms with E-state index in [0.717, 1.165) is 29.3 Å². The van der Waals surface area contributed by atoms with Crippen LogP contribution in [-0.2, 0) is 39.9 Å². The first-order chi connectivity index (χ1) is 26.0. The van der Waals surface area contributed by atoms with E-state index in [0.29, 0.717) is 19.4 Å². The first kappa shape index (κ1) is 45.6. The summed E-state index contributed by atoms with van der Waals surface area (Å²) in [6.07, 6.45) is 3.10. The molecule has 4 amide bonds. The first-order valence-electron chi connectivity index (χ1n) is 20.0. The largest absolute Gasteiger partial charge is 0.379 e. The number of ether oxygens (including phenoxy) is 2. The van der Waals surface area contributed by atoms with Gasteiger partial charge in [-0.15, -0.1) is 0 Å². The summed E-state index contributed by atoms with van der Waals surface area (Å²) in [7, 11) is 6.56. The van der Waals surface area contributed by atoms with E-state index in [9.17, 15) is 24.0 Å². The van der Waals surface area contributed by atoms with E-state index >= 15 is 0 Å². The third-order valence-corrected chi connectivity index (χ3v) is 11.7. The highest BCUT2D eigenvalue weighted by Crippen LogP contribution is 2.30. The number of rotatable bonds is 21. The minimum absolute atomic E-state index is 0.0154. The average molecular weight is 769 g/mol. The predicted octanol–water partition coefficient (Wildman–Crippen LogP) is 4.09. The van der Waals surface area contributed by atoms with Crippen LogP contribution >= 0.6 is 0 Å². The number of aromatic nitrogens is 1. The number of nitrogens with zero attached hydrogens (tertiary/aromatic N) is 2. The zero-order chi connectivity index (χ0) is 41.1. The van der Waals surface area contributed by atoms with Crippen molar-refractivity contribution in [1.82, 2.24) is 30.7 Å². The van der Waals surface area contributed by atoms with Crippen molar-refractivity contribution in [2.75, 3.05) is 34.9 Å². The van der Waals surface area contributed by atoms with Crippen LogP contribution < -0.4 is 16.0 Å². The van der Waals surface area contributed by atoms with Crippen LogP contribution in [0.3, 0.4) is 0 Å². The Bertz CT molecular complexity index is 1590. The van der Waals surface area contributed by atoms with Crippen LogP contribution in [0.2, 0.25) is 0 Å². The fraction of sp³-hybridized carbons (Fsp3) is 0.690. The highest BCUT2D eigenvalue weighted by molar-refractivity contribution is 5.91. The first-order valence-corrected chi connectivity index (χ1v) is 20.0. The van der Waals surface area contributed by atoms with Crippen LogP contribution in [0.25, 0.3) is 10.9 Å². The number of methoxy groups -OCH3 is 2. The third-order valence-electron chi connectivity index (χ3n) is 11.7. The van der Waals surface area contributed by atoms with E-state index in [4.69, 9.17) is 9.47 Å². The van der Waals surface area contributed by atoms with Gasteiger partial charge >= 0.3 is 0 Å². The van der Waals surface area contributed by atoms with Gasteiger partial charge in [-0.1, -0.05) is 73.1 Å². The number of H-pyrrole nitrogens is 1. The zero-order valence-corrected chi connectivity index (χ0v) is 35.2. The summed E-state index contributed by atoms with van der Waals surface area (Å²) in [5.74, 6) is -1.95. The van der Waals surface area contributed by atoms with E-state index in [-0.39, 0.29) is 59.6 Å². The predicted molar refractivity (Wildman–Crippen MR) is 215 cm³/mol. The molecule has 1 saturated heterocycles. The fourth-order valence-corrected chi connectivity index (χ4v) is 8.17. The molecule has 9 atom stereocenters. The normalized spacial score (nSPS) is 19.0. The third kappa shape index (κ3) is 11.2. The standard InChI is InChI=1S/C42H68N6O7/c1-13-26(6)38(47(10)42(53)37(25(4)5)46-41(52)36(43-9)24(2)3)34(54-11)22-35(50)48-20-16-19-33(48)39(55-12)27(7)40(51)45-32(28(8)49)21-29-23-44-31-18-15-14-17-30(29)31/h14-15,17-18,23-27,32-34,36-39,43-44H,13,16,19-22H2,1-12H3,(H,45,51)(H,46,52)/t26-,27+,32-,33-,34+,36-,37-,38-,39+/m0/s1. The topological polar surface area (TPSA) is 162 Å². The number of Topliss-reactive ketones (excluding diaryl/α,β-unsaturated/α-hetero) is 1. The van der Waals surface area contributed by atoms with Crippen molar-refractivity contribution in [1.29, 1.82) is 0 Å². The molecule has 1 aromatic carbocycles. The zero-order valence-electron chi connectivity index (χ0n) is 35.2. The summed E-state index contributed by atoms with van der Waals surface area (Å²) in [4.78, 5) is 74.8. The van der Waals surface area contributed by atoms with Crippen LogP contribution in [0.15, 0.2) is 30.5 Å². The molecule has 0 spiro atoms. The van der Waals surface area contributed by atoms with E-state index < -0.39 is 42.3 Å². The molecule has 1 fully saturated rings. The van der Waals surface area contributed by atoms with E-state index in [2.05, 4.69) is 20.9 Å². The van der Waals surface area contributed by atoms with Crippen molar-refractivity contribution < 1.29 is 33.4 Å². The Labute approximate surface area is 328 Å². The summed E-state index contributed by atoms with van der Waals surface area (Å²) in [5.41, 5.74) is 1.90. The number of nitrogens with one attached hydrogen (secondary N) is 4. The van der Waals surface area contributed by atoms with Crippen LogP contribution in [0, 0.1) is 23.7 Å². The Kier molecular flexibility index (Phi) is 17.3. The van der Waals surface area contributed by atoms with Gasteiger partial charge in [-0.05, 0) is 56.2 Å². The lowest BCUT2D eigenvalue weighted by molar-refractivity contribution is -0.148. The molecule has 1 aliphatic rings. The van der Waals surface area contributed by atoms with Crippen molar-refractivity contribution in [2.24, 2.45) is 23.7 Å². The number of fused-ring (bicyclic) bond motifs is 1. The molecule has 0 saturated carbocycles. The smallest absolute Gasteiger partial charge is 0.245 e. The number of carbonyl (C=O) groups is 5. The van der Waals surface area contributed by atoms with Crippen molar-refractivity contribution in [3.8, 4) is 0 Å². The van der Waals surface area contributed by atoms with Gasteiger partial charge in [0.1, 0.15) is 6.04 Å². The summed E-state index contributed by atoms with van der Waals surface area (Å²) in [5, 5.41) is 10.0. The van der Waals surface area contributed by atoms with Gasteiger partial charge in [0.05, 0.1) is 48.7 Å². The lowest BCUT2D eigenvalue weighted by Gasteiger charge is -2.41. The Hall–Kier alpha value is -3.81. The molecule has 0 aliphatic carbocycles. The Balaban J connectivity index is 1.77. The van der Waals surface area contributed by atoms with Gasteiger partial charge in [0, 0.05) is 51.3 Å². The number of aromatic amines is 1. The Morgan fingerprint density at radius 3 is 2.16 bits per heavy atom. The average Bonchev–Trinajstić information content (AvgIpc) is 3.80. The lowest BCUT2D eigenvalue weighted by Crippen LogP contribution is -2.59. The van der Waals surface area contributed by atoms with Gasteiger partial charge in [-0.25, -0.2) is 0 Å². The molecule has 308 valence electrons. The van der Waals surface area contributed by atoms with Crippen LogP contribution in [0.1, 0.15) is 86.6 Å². The number of amides is 4. The number of likely N-dealkylation sites (tertiary alicyclic amines) is 1. The summed E-state index contributed by atoms with van der Waals surface area (Å²) < 4.78 is 12.0. The Morgan fingerprint density at radius 2 is 1.60 bits per heavy atom. The number of hydrogen-bond acceptors (Lipinski definition) is 8. The van der Waals surface area contributed by atoms with Crippen LogP contribution in [0.5, 0.6) is 0 Å². The van der Waals surface area contributed by atoms with Crippen LogP contribution in [-0.4, -0.2) is 121 Å². The molecule has 13 heteroatoms. The number of benzene rings is 1. The van der Waals surface area contributed by atoms with E-state index in [1.54, 1.807) is 45.0 Å². The summed E-state index contributed by atoms with van der Waals surface area (Å²) >= 11 is 0. The molecule has 1 aromatic heterocycles. The van der Waals surface area contributed by atoms with Gasteiger partial charge in [0.25, 0.3) is 0 Å². The maximum absolute atomic E-state index is 14.2. The van der Waals surface area contributed by atoms with Gasteiger partial charge in [0.2, 0.25) is 23.6 Å². The van der Waals surface area contributed by atoms with Gasteiger partial charge in [0.15, 0.2) is 5.78 Å². The second-order valence-electron chi connectivity index (χ2n) is 16.1. The maximum Gasteiger partial charge on any atom is 0.245 e. The number of likely N-dealkylation sites (N-methyl/N-ethyl adjacent to an activating group) is 2. The molecule has 0 bridgehead atoms. The molecule has 3 rings (SSSR count). The monoisotopic (exact) mass is 769 g/mol. The lowest BCUT2D eigenvalue weighted by atomic mass is 9.89. The number of carbonyl (C=O) groups excluding carboxylic acids is 5. The molecule has 55 heavy (non-hydrogen) atoms. The summed E-state index contributed by atoms with van der Waals surface area (Å²) in [6.45, 7) is 15.5. The molecule has 0 unspecified atom stereocenters. The highest BCUT2D eigenvalue weighted by atomic mass is 16.5. The highest BCUT2D eigenvalue weighted by Gasteiger charge is 2.43. The van der Waals surface area contributed by atoms with Crippen molar-refractivity contribution in [3.05, 3.63) is 36.0 Å². The molecule has 13 nitrogen and oxygen atoms in total. The van der Waals surface area contributed by atoms with E-state index in [1.165, 1.54) is 6.92 Å². The molecule has 2 heterocycles. The number of ketones is 1. The van der Waals surface area contributed by atoms with Gasteiger partial charge in [-0.2, -0.15) is 0 Å². The number of hydrogen-bond donors (Lipinski definition) is 4. The molecule has 0 radical (unpaired) electrons. The maximum atomic E-state index is 14.2. The number of para-hydroxylation sites is 1. The molecular weight excluding hydrogens is 700 g/mol. The fourth-order valence-electron chi connectivity index (χ4n) is 8.17.